The molecule has 8 heteroatoms. The fraction of sp³-hybridized carbons (Fsp3) is 0.238. The first-order chi connectivity index (χ1) is 13.8. The fourth-order valence-electron chi connectivity index (χ4n) is 3.05. The van der Waals surface area contributed by atoms with Crippen LogP contribution in [0.25, 0.3) is 33.5 Å². The van der Waals surface area contributed by atoms with Gasteiger partial charge in [0.1, 0.15) is 0 Å². The maximum Gasteiger partial charge on any atom is 0.416 e. The number of anilines is 1. The number of para-hydroxylation sites is 1. The average molecular weight is 400 g/mol. The highest BCUT2D eigenvalue weighted by molar-refractivity contribution is 6.05. The maximum atomic E-state index is 12.8. The molecule has 5 nitrogen and oxygen atoms in total. The molecule has 29 heavy (non-hydrogen) atoms. The topological polar surface area (TPSA) is 54.2 Å². The number of likely N-dealkylation sites (N-methyl/N-ethyl adjacent to an activating group) is 1. The lowest BCUT2D eigenvalue weighted by Gasteiger charge is -2.11. The van der Waals surface area contributed by atoms with Gasteiger partial charge in [-0.05, 0) is 50.5 Å². The zero-order valence-electron chi connectivity index (χ0n) is 15.9. The number of benzene rings is 2. The van der Waals surface area contributed by atoms with Gasteiger partial charge in [0, 0.05) is 24.0 Å². The van der Waals surface area contributed by atoms with E-state index in [1.165, 1.54) is 12.1 Å². The Morgan fingerprint density at radius 1 is 1.00 bits per heavy atom. The quantitative estimate of drug-likeness (QED) is 0.509. The zero-order chi connectivity index (χ0) is 20.6. The second-order valence-electron chi connectivity index (χ2n) is 6.98. The lowest BCUT2D eigenvalue weighted by Crippen LogP contribution is -2.21. The molecule has 4 rings (SSSR count). The third kappa shape index (κ3) is 3.88. The monoisotopic (exact) mass is 400 g/mol. The second-order valence-corrected chi connectivity index (χ2v) is 6.98. The third-order valence-corrected chi connectivity index (χ3v) is 4.54. The van der Waals surface area contributed by atoms with E-state index in [4.69, 9.17) is 4.42 Å². The molecule has 0 saturated heterocycles. The fourth-order valence-corrected chi connectivity index (χ4v) is 3.05. The van der Waals surface area contributed by atoms with Crippen molar-refractivity contribution < 1.29 is 17.6 Å². The molecular weight excluding hydrogens is 381 g/mol. The second kappa shape index (κ2) is 7.36. The highest BCUT2D eigenvalue weighted by Crippen LogP contribution is 2.35. The Kier molecular flexibility index (Phi) is 4.87. The molecule has 0 aliphatic rings. The minimum Gasteiger partial charge on any atom is -0.435 e. The van der Waals surface area contributed by atoms with Crippen LogP contribution in [0.5, 0.6) is 0 Å². The molecule has 2 aromatic carbocycles. The van der Waals surface area contributed by atoms with Crippen molar-refractivity contribution in [2.75, 3.05) is 32.5 Å². The van der Waals surface area contributed by atoms with E-state index in [2.05, 4.69) is 15.3 Å². The Morgan fingerprint density at radius 2 is 1.72 bits per heavy atom. The van der Waals surface area contributed by atoms with E-state index >= 15 is 0 Å². The average Bonchev–Trinajstić information content (AvgIpc) is 3.13. The molecular formula is C21H19F3N4O. The van der Waals surface area contributed by atoms with Gasteiger partial charge in [-0.15, -0.1) is 0 Å². The van der Waals surface area contributed by atoms with Gasteiger partial charge < -0.3 is 14.6 Å². The van der Waals surface area contributed by atoms with Crippen LogP contribution >= 0.6 is 0 Å². The lowest BCUT2D eigenvalue weighted by atomic mass is 10.1. The molecule has 0 fully saturated rings. The van der Waals surface area contributed by atoms with Gasteiger partial charge in [-0.25, -0.2) is 9.97 Å². The Labute approximate surface area is 165 Å². The summed E-state index contributed by atoms with van der Waals surface area (Å²) in [7, 11) is 3.95. The summed E-state index contributed by atoms with van der Waals surface area (Å²) in [5.74, 6) is 0.838. The predicted molar refractivity (Wildman–Crippen MR) is 107 cm³/mol. The van der Waals surface area contributed by atoms with Crippen molar-refractivity contribution in [2.45, 2.75) is 6.18 Å². The first-order valence-electron chi connectivity index (χ1n) is 9.08. The van der Waals surface area contributed by atoms with Gasteiger partial charge in [-0.3, -0.25) is 0 Å². The van der Waals surface area contributed by atoms with Gasteiger partial charge >= 0.3 is 6.18 Å². The number of alkyl halides is 3. The van der Waals surface area contributed by atoms with E-state index in [1.54, 1.807) is 0 Å². The largest absolute Gasteiger partial charge is 0.435 e. The summed E-state index contributed by atoms with van der Waals surface area (Å²) in [6.07, 6.45) is -4.39. The summed E-state index contributed by atoms with van der Waals surface area (Å²) in [4.78, 5) is 11.2. The van der Waals surface area contributed by atoms with Gasteiger partial charge in [0.05, 0.1) is 11.1 Å². The highest BCUT2D eigenvalue weighted by atomic mass is 19.4. The van der Waals surface area contributed by atoms with Gasteiger partial charge in [0.25, 0.3) is 0 Å². The van der Waals surface area contributed by atoms with Crippen LogP contribution in [0.2, 0.25) is 0 Å². The molecule has 0 saturated carbocycles. The molecule has 0 unspecified atom stereocenters. The smallest absolute Gasteiger partial charge is 0.416 e. The molecule has 0 spiro atoms. The van der Waals surface area contributed by atoms with Crippen LogP contribution in [0.3, 0.4) is 0 Å². The lowest BCUT2D eigenvalue weighted by molar-refractivity contribution is -0.137. The van der Waals surface area contributed by atoms with Crippen LogP contribution in [0.1, 0.15) is 5.56 Å². The van der Waals surface area contributed by atoms with Crippen LogP contribution in [-0.4, -0.2) is 42.1 Å². The first kappa shape index (κ1) is 19.2. The van der Waals surface area contributed by atoms with Gasteiger partial charge in [-0.2, -0.15) is 13.2 Å². The molecule has 1 N–H and O–H groups in total. The number of fused-ring (bicyclic) bond motifs is 3. The van der Waals surface area contributed by atoms with Gasteiger partial charge in [0.2, 0.25) is 5.89 Å². The number of oxazole rings is 1. The molecule has 4 aromatic rings. The Balaban J connectivity index is 1.79. The number of aromatic nitrogens is 2. The van der Waals surface area contributed by atoms with E-state index in [-0.39, 0.29) is 5.89 Å². The van der Waals surface area contributed by atoms with Crippen LogP contribution in [0, 0.1) is 0 Å². The van der Waals surface area contributed by atoms with Crippen molar-refractivity contribution >= 4 is 27.8 Å². The maximum absolute atomic E-state index is 12.8. The number of hydrogen-bond donors (Lipinski definition) is 1. The summed E-state index contributed by atoms with van der Waals surface area (Å²) < 4.78 is 44.5. The normalized spacial score (nSPS) is 12.2. The number of hydrogen-bond acceptors (Lipinski definition) is 5. The highest BCUT2D eigenvalue weighted by Gasteiger charge is 2.30. The molecule has 0 bridgehead atoms. The Bertz CT molecular complexity index is 1150. The van der Waals surface area contributed by atoms with Crippen LogP contribution < -0.4 is 5.32 Å². The molecule has 2 heterocycles. The third-order valence-electron chi connectivity index (χ3n) is 4.54. The van der Waals surface area contributed by atoms with Crippen LogP contribution in [-0.2, 0) is 6.18 Å². The van der Waals surface area contributed by atoms with Crippen molar-refractivity contribution in [3.63, 3.8) is 0 Å². The van der Waals surface area contributed by atoms with Crippen molar-refractivity contribution in [3.8, 4) is 11.5 Å². The van der Waals surface area contributed by atoms with E-state index in [1.807, 2.05) is 43.3 Å². The minimum atomic E-state index is -4.39. The van der Waals surface area contributed by atoms with Gasteiger partial charge in [-0.1, -0.05) is 12.1 Å². The van der Waals surface area contributed by atoms with Gasteiger partial charge in [0.15, 0.2) is 16.9 Å². The molecule has 0 amide bonds. The zero-order valence-corrected chi connectivity index (χ0v) is 15.9. The summed E-state index contributed by atoms with van der Waals surface area (Å²) in [5, 5.41) is 4.08. The number of pyridine rings is 1. The van der Waals surface area contributed by atoms with Crippen LogP contribution in [0.4, 0.5) is 19.0 Å². The molecule has 2 aromatic heterocycles. The first-order valence-corrected chi connectivity index (χ1v) is 9.08. The molecule has 0 atom stereocenters. The standard InChI is InChI=1S/C21H19F3N4O/c1-28(2)12-11-25-19-17-18(15-5-3-4-6-16(15)26-19)29-20(27-17)13-7-9-14(10-8-13)21(22,23)24/h3-10H,11-12H2,1-2H3,(H,25,26). The summed E-state index contributed by atoms with van der Waals surface area (Å²) in [6.45, 7) is 1.47. The van der Waals surface area contributed by atoms with Crippen molar-refractivity contribution in [1.82, 2.24) is 14.9 Å². The number of nitrogens with zero attached hydrogens (tertiary/aromatic N) is 3. The summed E-state index contributed by atoms with van der Waals surface area (Å²) in [5.41, 5.74) is 1.62. The predicted octanol–water partition coefficient (Wildman–Crippen LogP) is 5.04. The molecule has 0 aliphatic carbocycles. The van der Waals surface area contributed by atoms with Crippen molar-refractivity contribution in [2.24, 2.45) is 0 Å². The minimum absolute atomic E-state index is 0.252. The number of nitrogens with one attached hydrogen (secondary N) is 1. The Morgan fingerprint density at radius 3 is 2.41 bits per heavy atom. The van der Waals surface area contributed by atoms with E-state index in [0.29, 0.717) is 29.0 Å². The number of halogens is 3. The van der Waals surface area contributed by atoms with E-state index in [9.17, 15) is 13.2 Å². The molecule has 0 radical (unpaired) electrons. The molecule has 150 valence electrons. The summed E-state index contributed by atoms with van der Waals surface area (Å²) >= 11 is 0. The SMILES string of the molecule is CN(C)CCNc1nc2ccccc2c2oc(-c3ccc(C(F)(F)F)cc3)nc12. The van der Waals surface area contributed by atoms with Crippen LogP contribution in [0.15, 0.2) is 52.9 Å². The Hall–Kier alpha value is -3.13. The number of rotatable bonds is 5. The molecule has 0 aliphatic heterocycles. The van der Waals surface area contributed by atoms with E-state index in [0.717, 1.165) is 29.6 Å². The van der Waals surface area contributed by atoms with Crippen molar-refractivity contribution in [3.05, 3.63) is 54.1 Å². The van der Waals surface area contributed by atoms with E-state index < -0.39 is 11.7 Å². The summed E-state index contributed by atoms with van der Waals surface area (Å²) in [6, 6.07) is 12.3. The van der Waals surface area contributed by atoms with Crippen molar-refractivity contribution in [1.29, 1.82) is 0 Å².